The number of nitriles is 1. The van der Waals surface area contributed by atoms with Gasteiger partial charge >= 0.3 is 0 Å². The van der Waals surface area contributed by atoms with Gasteiger partial charge in [0.1, 0.15) is 0 Å². The first kappa shape index (κ1) is 17.8. The number of hydrogen-bond acceptors (Lipinski definition) is 3. The smallest absolute Gasteiger partial charge is 0.0709 e. The standard InChI is InChI=1S/C22H36N2O/c23-15-18-8-10-24(11-9-18)16-21-14-20-13-19(6-7-22(20)25-21)12-17-4-2-1-3-5-17/h17-22H,1-14,16H2. The molecule has 2 aliphatic carbocycles. The molecule has 140 valence electrons. The van der Waals surface area contributed by atoms with Crippen LogP contribution in [0.15, 0.2) is 0 Å². The predicted molar refractivity (Wildman–Crippen MR) is 100 cm³/mol. The summed E-state index contributed by atoms with van der Waals surface area (Å²) in [6.45, 7) is 3.30. The van der Waals surface area contributed by atoms with Crippen molar-refractivity contribution in [2.45, 2.75) is 89.3 Å². The minimum Gasteiger partial charge on any atom is -0.373 e. The molecule has 0 amide bonds. The van der Waals surface area contributed by atoms with Crippen molar-refractivity contribution in [1.82, 2.24) is 4.90 Å². The molecule has 0 aromatic heterocycles. The Labute approximate surface area is 154 Å². The van der Waals surface area contributed by atoms with Crippen molar-refractivity contribution in [3.05, 3.63) is 0 Å². The molecule has 0 bridgehead atoms. The number of likely N-dealkylation sites (tertiary alicyclic amines) is 1. The second kappa shape index (κ2) is 8.40. The summed E-state index contributed by atoms with van der Waals surface area (Å²) in [5.74, 6) is 3.15. The maximum atomic E-state index is 9.05. The normalized spacial score (nSPS) is 38.4. The molecule has 0 spiro atoms. The molecule has 4 unspecified atom stereocenters. The van der Waals surface area contributed by atoms with E-state index in [2.05, 4.69) is 11.0 Å². The largest absolute Gasteiger partial charge is 0.373 e. The molecule has 25 heavy (non-hydrogen) atoms. The summed E-state index contributed by atoms with van der Waals surface area (Å²) in [6, 6.07) is 2.44. The fraction of sp³-hybridized carbons (Fsp3) is 0.955. The van der Waals surface area contributed by atoms with Gasteiger partial charge in [-0.25, -0.2) is 0 Å². The van der Waals surface area contributed by atoms with Crippen molar-refractivity contribution in [3.8, 4) is 6.07 Å². The van der Waals surface area contributed by atoms with Crippen molar-refractivity contribution in [2.75, 3.05) is 19.6 Å². The second-order valence-corrected chi connectivity index (χ2v) is 9.42. The lowest BCUT2D eigenvalue weighted by Gasteiger charge is -2.34. The summed E-state index contributed by atoms with van der Waals surface area (Å²) in [5.41, 5.74) is 0. The highest BCUT2D eigenvalue weighted by atomic mass is 16.5. The zero-order valence-corrected chi connectivity index (χ0v) is 15.9. The van der Waals surface area contributed by atoms with Crippen LogP contribution in [-0.2, 0) is 4.74 Å². The van der Waals surface area contributed by atoms with E-state index in [1.54, 1.807) is 0 Å². The molecule has 4 atom stereocenters. The van der Waals surface area contributed by atoms with Crippen LogP contribution in [0.3, 0.4) is 0 Å². The van der Waals surface area contributed by atoms with Crippen LogP contribution in [-0.4, -0.2) is 36.7 Å². The number of piperidine rings is 1. The van der Waals surface area contributed by atoms with Gasteiger partial charge < -0.3 is 9.64 Å². The number of rotatable bonds is 4. The van der Waals surface area contributed by atoms with Crippen molar-refractivity contribution in [3.63, 3.8) is 0 Å². The fourth-order valence-electron chi connectivity index (χ4n) is 6.16. The minimum atomic E-state index is 0.295. The minimum absolute atomic E-state index is 0.295. The van der Waals surface area contributed by atoms with E-state index < -0.39 is 0 Å². The van der Waals surface area contributed by atoms with Crippen molar-refractivity contribution in [2.24, 2.45) is 23.7 Å². The summed E-state index contributed by atoms with van der Waals surface area (Å²) < 4.78 is 6.45. The third-order valence-corrected chi connectivity index (χ3v) is 7.58. The Kier molecular flexibility index (Phi) is 5.98. The van der Waals surface area contributed by atoms with E-state index in [1.807, 2.05) is 0 Å². The number of fused-ring (bicyclic) bond motifs is 1. The van der Waals surface area contributed by atoms with Gasteiger partial charge in [0.05, 0.1) is 18.3 Å². The number of ether oxygens (including phenoxy) is 1. The lowest BCUT2D eigenvalue weighted by Crippen LogP contribution is -2.38. The average molecular weight is 345 g/mol. The van der Waals surface area contributed by atoms with E-state index in [0.29, 0.717) is 18.1 Å². The Balaban J connectivity index is 1.21. The molecule has 0 radical (unpaired) electrons. The first-order valence-electron chi connectivity index (χ1n) is 11.1. The van der Waals surface area contributed by atoms with Gasteiger partial charge in [0.15, 0.2) is 0 Å². The predicted octanol–water partition coefficient (Wildman–Crippen LogP) is 4.77. The Morgan fingerprint density at radius 2 is 1.68 bits per heavy atom. The van der Waals surface area contributed by atoms with Gasteiger partial charge in [-0.1, -0.05) is 32.1 Å². The van der Waals surface area contributed by atoms with Crippen LogP contribution in [0.25, 0.3) is 0 Å². The zero-order valence-electron chi connectivity index (χ0n) is 15.9. The molecule has 2 heterocycles. The molecule has 0 aromatic rings. The van der Waals surface area contributed by atoms with Crippen molar-refractivity contribution < 1.29 is 4.74 Å². The van der Waals surface area contributed by atoms with E-state index in [-0.39, 0.29) is 0 Å². The average Bonchev–Trinajstić information content (AvgIpc) is 3.05. The van der Waals surface area contributed by atoms with Crippen LogP contribution in [0, 0.1) is 35.0 Å². The van der Waals surface area contributed by atoms with Crippen LogP contribution in [0.5, 0.6) is 0 Å². The zero-order chi connectivity index (χ0) is 17.1. The maximum absolute atomic E-state index is 9.05. The fourth-order valence-corrected chi connectivity index (χ4v) is 6.16. The molecule has 2 saturated carbocycles. The molecular weight excluding hydrogens is 308 g/mol. The summed E-state index contributed by atoms with van der Waals surface area (Å²) in [4.78, 5) is 2.55. The van der Waals surface area contributed by atoms with E-state index in [1.165, 1.54) is 64.2 Å². The second-order valence-electron chi connectivity index (χ2n) is 9.42. The van der Waals surface area contributed by atoms with Gasteiger partial charge in [-0.05, 0) is 75.8 Å². The summed E-state index contributed by atoms with van der Waals surface area (Å²) in [5, 5.41) is 9.05. The van der Waals surface area contributed by atoms with Crippen LogP contribution in [0.2, 0.25) is 0 Å². The molecule has 3 heteroatoms. The topological polar surface area (TPSA) is 36.3 Å². The quantitative estimate of drug-likeness (QED) is 0.737. The third-order valence-electron chi connectivity index (χ3n) is 7.58. The Hall–Kier alpha value is -0.590. The summed E-state index contributed by atoms with van der Waals surface area (Å²) in [7, 11) is 0. The summed E-state index contributed by atoms with van der Waals surface area (Å²) in [6.07, 6.45) is 17.6. The van der Waals surface area contributed by atoms with Gasteiger partial charge in [0.2, 0.25) is 0 Å². The molecule has 0 N–H and O–H groups in total. The van der Waals surface area contributed by atoms with E-state index >= 15 is 0 Å². The van der Waals surface area contributed by atoms with Gasteiger partial charge in [0.25, 0.3) is 0 Å². The Morgan fingerprint density at radius 1 is 0.880 bits per heavy atom. The van der Waals surface area contributed by atoms with Gasteiger partial charge in [0, 0.05) is 12.5 Å². The van der Waals surface area contributed by atoms with Crippen LogP contribution in [0.1, 0.15) is 77.0 Å². The van der Waals surface area contributed by atoms with Crippen LogP contribution < -0.4 is 0 Å². The molecule has 4 fully saturated rings. The Bertz CT molecular complexity index is 459. The molecule has 4 aliphatic rings. The monoisotopic (exact) mass is 344 g/mol. The third kappa shape index (κ3) is 4.58. The molecule has 4 rings (SSSR count). The summed E-state index contributed by atoms with van der Waals surface area (Å²) >= 11 is 0. The first-order chi connectivity index (χ1) is 12.3. The highest BCUT2D eigenvalue weighted by Gasteiger charge is 2.40. The highest BCUT2D eigenvalue weighted by molar-refractivity contribution is 4.92. The Morgan fingerprint density at radius 3 is 2.44 bits per heavy atom. The van der Waals surface area contributed by atoms with Crippen LogP contribution >= 0.6 is 0 Å². The highest BCUT2D eigenvalue weighted by Crippen LogP contribution is 2.43. The number of hydrogen-bond donors (Lipinski definition) is 0. The molecule has 3 nitrogen and oxygen atoms in total. The lowest BCUT2D eigenvalue weighted by atomic mass is 9.73. The number of nitrogens with zero attached hydrogens (tertiary/aromatic N) is 2. The van der Waals surface area contributed by atoms with Gasteiger partial charge in [-0.2, -0.15) is 5.26 Å². The van der Waals surface area contributed by atoms with E-state index in [9.17, 15) is 0 Å². The lowest BCUT2D eigenvalue weighted by molar-refractivity contribution is -0.00829. The van der Waals surface area contributed by atoms with Crippen molar-refractivity contribution >= 4 is 0 Å². The van der Waals surface area contributed by atoms with Gasteiger partial charge in [-0.15, -0.1) is 0 Å². The maximum Gasteiger partial charge on any atom is 0.0709 e. The SMILES string of the molecule is N#CC1CCN(CC2CC3CC(CC4CCCCC4)CCC3O2)CC1. The van der Waals surface area contributed by atoms with E-state index in [4.69, 9.17) is 10.00 Å². The molecule has 2 aliphatic heterocycles. The van der Waals surface area contributed by atoms with Crippen molar-refractivity contribution in [1.29, 1.82) is 5.26 Å². The van der Waals surface area contributed by atoms with Gasteiger partial charge in [-0.3, -0.25) is 0 Å². The molecule has 2 saturated heterocycles. The molecule has 0 aromatic carbocycles. The first-order valence-corrected chi connectivity index (χ1v) is 11.1. The van der Waals surface area contributed by atoms with E-state index in [0.717, 1.165) is 50.2 Å². The van der Waals surface area contributed by atoms with Crippen LogP contribution in [0.4, 0.5) is 0 Å². The molecular formula is C22H36N2O.